The zero-order valence-electron chi connectivity index (χ0n) is 11.9. The lowest BCUT2D eigenvalue weighted by Crippen LogP contribution is -2.43. The number of rotatable bonds is 3. The Kier molecular flexibility index (Phi) is 3.64. The topological polar surface area (TPSA) is 109 Å². The maximum Gasteiger partial charge on any atom is 0.276 e. The highest BCUT2D eigenvalue weighted by atomic mass is 32.2. The second-order valence-electron chi connectivity index (χ2n) is 5.65. The van der Waals surface area contributed by atoms with Crippen molar-refractivity contribution >= 4 is 15.9 Å². The minimum Gasteiger partial charge on any atom is -0.332 e. The minimum atomic E-state index is -3.99. The molecule has 1 aromatic heterocycles. The van der Waals surface area contributed by atoms with Crippen molar-refractivity contribution in [2.75, 3.05) is 6.54 Å². The molecule has 1 aliphatic rings. The van der Waals surface area contributed by atoms with Gasteiger partial charge in [-0.25, -0.2) is 13.6 Å². The zero-order valence-corrected chi connectivity index (χ0v) is 12.7. The van der Waals surface area contributed by atoms with Crippen molar-refractivity contribution in [1.82, 2.24) is 15.1 Å². The highest BCUT2D eigenvalue weighted by molar-refractivity contribution is 7.89. The number of primary sulfonamides is 1. The van der Waals surface area contributed by atoms with Crippen LogP contribution in [0.5, 0.6) is 0 Å². The number of sulfonamides is 1. The van der Waals surface area contributed by atoms with Gasteiger partial charge in [-0.1, -0.05) is 6.92 Å². The molecule has 20 heavy (non-hydrogen) atoms. The molecule has 0 atom stereocenters. The van der Waals surface area contributed by atoms with E-state index in [2.05, 4.69) is 10.2 Å². The molecule has 8 heteroatoms. The number of hydrogen-bond donors (Lipinski definition) is 2. The predicted octanol–water partition coefficient (Wildman–Crippen LogP) is 0.634. The van der Waals surface area contributed by atoms with Gasteiger partial charge in [0.1, 0.15) is 4.90 Å². The fourth-order valence-electron chi connectivity index (χ4n) is 2.67. The largest absolute Gasteiger partial charge is 0.332 e. The van der Waals surface area contributed by atoms with Crippen LogP contribution in [0.2, 0.25) is 0 Å². The molecule has 1 aromatic rings. The Hall–Kier alpha value is -1.41. The molecule has 2 rings (SSSR count). The molecule has 3 N–H and O–H groups in total. The lowest BCUT2D eigenvalue weighted by molar-refractivity contribution is 0.0641. The van der Waals surface area contributed by atoms with Crippen LogP contribution in [0.1, 0.15) is 49.8 Å². The summed E-state index contributed by atoms with van der Waals surface area (Å²) in [6.07, 6.45) is 2.19. The first-order chi connectivity index (χ1) is 9.18. The summed E-state index contributed by atoms with van der Waals surface area (Å²) < 4.78 is 23.4. The highest BCUT2D eigenvalue weighted by Gasteiger charge is 2.39. The van der Waals surface area contributed by atoms with Crippen molar-refractivity contribution in [3.05, 3.63) is 11.4 Å². The first-order valence-corrected chi connectivity index (χ1v) is 8.15. The molecule has 2 heterocycles. The van der Waals surface area contributed by atoms with E-state index in [1.54, 1.807) is 11.8 Å². The van der Waals surface area contributed by atoms with E-state index in [0.717, 1.165) is 12.8 Å². The number of carbonyl (C=O) groups excluding carboxylic acids is 1. The summed E-state index contributed by atoms with van der Waals surface area (Å²) in [5, 5.41) is 11.7. The molecule has 1 amide bonds. The monoisotopic (exact) mass is 300 g/mol. The maximum atomic E-state index is 12.6. The lowest BCUT2D eigenvalue weighted by atomic mass is 10.0. The number of carbonyl (C=O) groups is 1. The molecule has 1 fully saturated rings. The van der Waals surface area contributed by atoms with Crippen LogP contribution < -0.4 is 5.14 Å². The van der Waals surface area contributed by atoms with Crippen molar-refractivity contribution in [3.63, 3.8) is 0 Å². The van der Waals surface area contributed by atoms with Crippen LogP contribution in [0, 0.1) is 0 Å². The van der Waals surface area contributed by atoms with Crippen molar-refractivity contribution in [2.24, 2.45) is 5.14 Å². The van der Waals surface area contributed by atoms with Gasteiger partial charge in [0.2, 0.25) is 10.0 Å². The van der Waals surface area contributed by atoms with E-state index in [1.165, 1.54) is 0 Å². The van der Waals surface area contributed by atoms with E-state index in [0.29, 0.717) is 18.7 Å². The van der Waals surface area contributed by atoms with Gasteiger partial charge in [-0.2, -0.15) is 5.10 Å². The third kappa shape index (κ3) is 2.45. The third-order valence-corrected chi connectivity index (χ3v) is 4.79. The predicted molar refractivity (Wildman–Crippen MR) is 73.7 cm³/mol. The molecule has 1 saturated heterocycles. The van der Waals surface area contributed by atoms with E-state index in [-0.39, 0.29) is 22.0 Å². The maximum absolute atomic E-state index is 12.6. The molecular weight excluding hydrogens is 280 g/mol. The van der Waals surface area contributed by atoms with Crippen LogP contribution in [0.15, 0.2) is 4.90 Å². The van der Waals surface area contributed by atoms with Gasteiger partial charge in [-0.15, -0.1) is 0 Å². The normalized spacial score (nSPS) is 18.5. The van der Waals surface area contributed by atoms with Gasteiger partial charge in [0, 0.05) is 12.1 Å². The molecule has 0 bridgehead atoms. The van der Waals surface area contributed by atoms with Crippen LogP contribution in [0.3, 0.4) is 0 Å². The first-order valence-electron chi connectivity index (χ1n) is 6.60. The molecule has 0 radical (unpaired) electrons. The molecule has 0 aromatic carbocycles. The van der Waals surface area contributed by atoms with Gasteiger partial charge in [0.15, 0.2) is 5.69 Å². The summed E-state index contributed by atoms with van der Waals surface area (Å²) in [5.74, 6) is -0.382. The average molecular weight is 300 g/mol. The van der Waals surface area contributed by atoms with E-state index >= 15 is 0 Å². The Morgan fingerprint density at radius 1 is 1.50 bits per heavy atom. The average Bonchev–Trinajstić information content (AvgIpc) is 2.90. The number of H-pyrrole nitrogens is 1. The van der Waals surface area contributed by atoms with E-state index in [9.17, 15) is 13.2 Å². The fraction of sp³-hybridized carbons (Fsp3) is 0.667. The smallest absolute Gasteiger partial charge is 0.276 e. The van der Waals surface area contributed by atoms with Crippen LogP contribution in [-0.4, -0.2) is 41.5 Å². The third-order valence-electron chi connectivity index (χ3n) is 3.78. The fourth-order valence-corrected chi connectivity index (χ4v) is 3.61. The van der Waals surface area contributed by atoms with Crippen LogP contribution >= 0.6 is 0 Å². The summed E-state index contributed by atoms with van der Waals surface area (Å²) in [6, 6.07) is 0. The summed E-state index contributed by atoms with van der Waals surface area (Å²) in [6.45, 7) is 6.30. The van der Waals surface area contributed by atoms with Crippen molar-refractivity contribution in [1.29, 1.82) is 0 Å². The van der Waals surface area contributed by atoms with Crippen LogP contribution in [0.25, 0.3) is 0 Å². The standard InChI is InChI=1S/C12H20N4O3S/c1-4-8-10(20(13,18)19)9(15-14-8)11(17)16-7-5-6-12(16,2)3/h4-7H2,1-3H3,(H,14,15)(H2,13,18,19). The number of nitrogens with two attached hydrogens (primary N) is 1. The quantitative estimate of drug-likeness (QED) is 0.853. The second kappa shape index (κ2) is 4.85. The number of aromatic amines is 1. The van der Waals surface area contributed by atoms with Crippen molar-refractivity contribution < 1.29 is 13.2 Å². The van der Waals surface area contributed by atoms with Gasteiger partial charge in [0.25, 0.3) is 5.91 Å². The molecule has 112 valence electrons. The molecule has 0 unspecified atom stereocenters. The van der Waals surface area contributed by atoms with Crippen molar-refractivity contribution in [3.8, 4) is 0 Å². The molecule has 7 nitrogen and oxygen atoms in total. The van der Waals surface area contributed by atoms with Crippen LogP contribution in [0.4, 0.5) is 0 Å². The van der Waals surface area contributed by atoms with E-state index in [4.69, 9.17) is 5.14 Å². The lowest BCUT2D eigenvalue weighted by Gasteiger charge is -2.31. The molecule has 0 aliphatic carbocycles. The Bertz CT molecular complexity index is 633. The Morgan fingerprint density at radius 3 is 2.60 bits per heavy atom. The molecule has 0 saturated carbocycles. The molecular formula is C12H20N4O3S. The van der Waals surface area contributed by atoms with E-state index < -0.39 is 10.0 Å². The van der Waals surface area contributed by atoms with Gasteiger partial charge in [-0.05, 0) is 33.1 Å². The summed E-state index contributed by atoms with van der Waals surface area (Å²) >= 11 is 0. The van der Waals surface area contributed by atoms with Gasteiger partial charge in [0.05, 0.1) is 5.69 Å². The highest BCUT2D eigenvalue weighted by Crippen LogP contribution is 2.31. The summed E-state index contributed by atoms with van der Waals surface area (Å²) in [7, 11) is -3.99. The number of nitrogens with zero attached hydrogens (tertiary/aromatic N) is 2. The summed E-state index contributed by atoms with van der Waals surface area (Å²) in [5.41, 5.74) is -0.0231. The van der Waals surface area contributed by atoms with Crippen LogP contribution in [-0.2, 0) is 16.4 Å². The number of aromatic nitrogens is 2. The number of aryl methyl sites for hydroxylation is 1. The minimum absolute atomic E-state index is 0.0978. The van der Waals surface area contributed by atoms with Gasteiger partial charge < -0.3 is 4.90 Å². The Labute approximate surface area is 118 Å². The first kappa shape index (κ1) is 15.0. The number of amides is 1. The molecule has 1 aliphatic heterocycles. The number of hydrogen-bond acceptors (Lipinski definition) is 4. The number of likely N-dealkylation sites (tertiary alicyclic amines) is 1. The Morgan fingerprint density at radius 2 is 2.15 bits per heavy atom. The van der Waals surface area contributed by atoms with E-state index in [1.807, 2.05) is 13.8 Å². The number of nitrogens with one attached hydrogen (secondary N) is 1. The van der Waals surface area contributed by atoms with Crippen molar-refractivity contribution in [2.45, 2.75) is 50.5 Å². The zero-order chi connectivity index (χ0) is 15.1. The van der Waals surface area contributed by atoms with Gasteiger partial charge in [-0.3, -0.25) is 9.89 Å². The second-order valence-corrected chi connectivity index (χ2v) is 7.15. The summed E-state index contributed by atoms with van der Waals surface area (Å²) in [4.78, 5) is 14.1. The Balaban J connectivity index is 2.49. The SMILES string of the molecule is CCc1[nH]nc(C(=O)N2CCCC2(C)C)c1S(N)(=O)=O. The van der Waals surface area contributed by atoms with Gasteiger partial charge >= 0.3 is 0 Å². The molecule has 0 spiro atoms.